The smallest absolute Gasteiger partial charge is 0.0233 e. The topological polar surface area (TPSA) is 32.5 Å². The minimum absolute atomic E-state index is 0.740. The number of hydrogen-bond donors (Lipinski definition) is 1. The van der Waals surface area contributed by atoms with Crippen LogP contribution in [0.3, 0.4) is 0 Å². The molecule has 0 spiro atoms. The molecule has 1 aromatic rings. The molecule has 2 aliphatic heterocycles. The average Bonchev–Trinajstić information content (AvgIpc) is 2.60. The van der Waals surface area contributed by atoms with Gasteiger partial charge in [0, 0.05) is 13.1 Å². The van der Waals surface area contributed by atoms with Crippen molar-refractivity contribution < 1.29 is 0 Å². The maximum atomic E-state index is 5.62. The fourth-order valence-electron chi connectivity index (χ4n) is 4.07. The minimum Gasteiger partial charge on any atom is -0.330 e. The third-order valence-electron chi connectivity index (χ3n) is 5.53. The molecule has 2 fully saturated rings. The van der Waals surface area contributed by atoms with Gasteiger partial charge in [-0.3, -0.25) is 4.90 Å². The Bertz CT molecular complexity index is 442. The Hall–Kier alpha value is -0.900. The monoisotopic (exact) mass is 315 g/mol. The second-order valence-electron chi connectivity index (χ2n) is 7.44. The van der Waals surface area contributed by atoms with E-state index in [0.717, 1.165) is 25.4 Å². The molecule has 0 unspecified atom stereocenters. The van der Waals surface area contributed by atoms with E-state index in [4.69, 9.17) is 5.73 Å². The molecule has 3 rings (SSSR count). The molecular weight excluding hydrogens is 282 g/mol. The van der Waals surface area contributed by atoms with Crippen LogP contribution in [0.15, 0.2) is 24.3 Å². The highest BCUT2D eigenvalue weighted by Gasteiger charge is 2.22. The van der Waals surface area contributed by atoms with Crippen molar-refractivity contribution in [2.45, 2.75) is 45.1 Å². The molecule has 2 N–H and O–H groups in total. The number of nitrogens with two attached hydrogens (primary N) is 1. The van der Waals surface area contributed by atoms with Crippen LogP contribution in [0.1, 0.15) is 43.2 Å². The molecular formula is C20H33N3. The fraction of sp³-hybridized carbons (Fsp3) is 0.700. The summed E-state index contributed by atoms with van der Waals surface area (Å²) in [6, 6.07) is 9.05. The summed E-state index contributed by atoms with van der Waals surface area (Å²) in [7, 11) is 0. The number of piperidine rings is 2. The van der Waals surface area contributed by atoms with Gasteiger partial charge in [0.25, 0.3) is 0 Å². The number of hydrogen-bond acceptors (Lipinski definition) is 3. The van der Waals surface area contributed by atoms with Crippen molar-refractivity contribution in [1.29, 1.82) is 0 Å². The van der Waals surface area contributed by atoms with Crippen LogP contribution in [-0.2, 0) is 13.0 Å². The second kappa shape index (κ2) is 8.81. The highest BCUT2D eigenvalue weighted by molar-refractivity contribution is 5.22. The standard InChI is InChI=1S/C20H33N3/c21-11-8-18-4-6-19(7-5-18)16-23-14-9-20(10-15-23)17-22-12-2-1-3-13-22/h4-7,20H,1-3,8-17,21H2. The van der Waals surface area contributed by atoms with E-state index >= 15 is 0 Å². The Morgan fingerprint density at radius 2 is 1.48 bits per heavy atom. The van der Waals surface area contributed by atoms with Gasteiger partial charge in [0.15, 0.2) is 0 Å². The van der Waals surface area contributed by atoms with Crippen LogP contribution in [0.4, 0.5) is 0 Å². The summed E-state index contributed by atoms with van der Waals surface area (Å²) in [5.74, 6) is 0.927. The molecule has 128 valence electrons. The molecule has 0 bridgehead atoms. The predicted molar refractivity (Wildman–Crippen MR) is 97.5 cm³/mol. The van der Waals surface area contributed by atoms with Gasteiger partial charge in [-0.1, -0.05) is 30.7 Å². The zero-order valence-electron chi connectivity index (χ0n) is 14.6. The zero-order valence-corrected chi connectivity index (χ0v) is 14.6. The van der Waals surface area contributed by atoms with Gasteiger partial charge in [0.2, 0.25) is 0 Å². The molecule has 0 aromatic heterocycles. The first-order valence-corrected chi connectivity index (χ1v) is 9.56. The van der Waals surface area contributed by atoms with Gasteiger partial charge in [0.1, 0.15) is 0 Å². The van der Waals surface area contributed by atoms with E-state index in [0.29, 0.717) is 0 Å². The minimum atomic E-state index is 0.740. The Morgan fingerprint density at radius 1 is 0.826 bits per heavy atom. The van der Waals surface area contributed by atoms with E-state index in [2.05, 4.69) is 34.1 Å². The number of nitrogens with zero attached hydrogens (tertiary/aromatic N) is 2. The van der Waals surface area contributed by atoms with Crippen molar-refractivity contribution in [3.8, 4) is 0 Å². The molecule has 0 saturated carbocycles. The van der Waals surface area contributed by atoms with Crippen LogP contribution >= 0.6 is 0 Å². The molecule has 2 saturated heterocycles. The van der Waals surface area contributed by atoms with Crippen molar-refractivity contribution >= 4 is 0 Å². The van der Waals surface area contributed by atoms with Crippen molar-refractivity contribution in [3.05, 3.63) is 35.4 Å². The molecule has 0 atom stereocenters. The first-order chi connectivity index (χ1) is 11.3. The number of benzene rings is 1. The average molecular weight is 316 g/mol. The molecule has 0 amide bonds. The van der Waals surface area contributed by atoms with Crippen LogP contribution < -0.4 is 5.73 Å². The molecule has 0 radical (unpaired) electrons. The van der Waals surface area contributed by atoms with Gasteiger partial charge >= 0.3 is 0 Å². The quantitative estimate of drug-likeness (QED) is 0.876. The van der Waals surface area contributed by atoms with E-state index in [1.165, 1.54) is 76.0 Å². The zero-order chi connectivity index (χ0) is 15.9. The largest absolute Gasteiger partial charge is 0.330 e. The first kappa shape index (κ1) is 16.9. The molecule has 0 aliphatic carbocycles. The SMILES string of the molecule is NCCc1ccc(CN2CCC(CN3CCCCC3)CC2)cc1. The summed E-state index contributed by atoms with van der Waals surface area (Å²) < 4.78 is 0. The molecule has 2 heterocycles. The highest BCUT2D eigenvalue weighted by Crippen LogP contribution is 2.22. The van der Waals surface area contributed by atoms with Gasteiger partial charge in [0.05, 0.1) is 0 Å². The van der Waals surface area contributed by atoms with Crippen molar-refractivity contribution in [1.82, 2.24) is 9.80 Å². The lowest BCUT2D eigenvalue weighted by Crippen LogP contribution is -2.40. The lowest BCUT2D eigenvalue weighted by Gasteiger charge is -2.36. The summed E-state index contributed by atoms with van der Waals surface area (Å²) in [5.41, 5.74) is 8.42. The first-order valence-electron chi connectivity index (χ1n) is 9.56. The van der Waals surface area contributed by atoms with E-state index in [-0.39, 0.29) is 0 Å². The Kier molecular flexibility index (Phi) is 6.49. The number of likely N-dealkylation sites (tertiary alicyclic amines) is 2. The summed E-state index contributed by atoms with van der Waals surface area (Å²) >= 11 is 0. The third kappa shape index (κ3) is 5.30. The Morgan fingerprint density at radius 3 is 2.13 bits per heavy atom. The molecule has 2 aliphatic rings. The molecule has 3 nitrogen and oxygen atoms in total. The Labute approximate surface area is 141 Å². The van der Waals surface area contributed by atoms with Crippen LogP contribution in [-0.4, -0.2) is 49.1 Å². The van der Waals surface area contributed by atoms with E-state index in [1.807, 2.05) is 0 Å². The lowest BCUT2D eigenvalue weighted by atomic mass is 9.95. The molecule has 23 heavy (non-hydrogen) atoms. The third-order valence-corrected chi connectivity index (χ3v) is 5.53. The van der Waals surface area contributed by atoms with Gasteiger partial charge < -0.3 is 10.6 Å². The molecule has 3 heteroatoms. The highest BCUT2D eigenvalue weighted by atomic mass is 15.1. The maximum Gasteiger partial charge on any atom is 0.0233 e. The summed E-state index contributed by atoms with van der Waals surface area (Å²) in [5, 5.41) is 0. The van der Waals surface area contributed by atoms with Crippen LogP contribution in [0.25, 0.3) is 0 Å². The lowest BCUT2D eigenvalue weighted by molar-refractivity contribution is 0.128. The van der Waals surface area contributed by atoms with Crippen LogP contribution in [0, 0.1) is 5.92 Å². The number of rotatable bonds is 6. The second-order valence-corrected chi connectivity index (χ2v) is 7.44. The van der Waals surface area contributed by atoms with Crippen LogP contribution in [0.5, 0.6) is 0 Å². The van der Waals surface area contributed by atoms with E-state index in [9.17, 15) is 0 Å². The van der Waals surface area contributed by atoms with Crippen molar-refractivity contribution in [2.75, 3.05) is 39.3 Å². The van der Waals surface area contributed by atoms with Crippen molar-refractivity contribution in [3.63, 3.8) is 0 Å². The normalized spacial score (nSPS) is 21.6. The Balaban J connectivity index is 1.40. The van der Waals surface area contributed by atoms with Gasteiger partial charge in [-0.15, -0.1) is 0 Å². The van der Waals surface area contributed by atoms with Crippen LogP contribution in [0.2, 0.25) is 0 Å². The van der Waals surface area contributed by atoms with E-state index < -0.39 is 0 Å². The summed E-state index contributed by atoms with van der Waals surface area (Å²) in [6.45, 7) is 8.42. The van der Waals surface area contributed by atoms with Gasteiger partial charge in [-0.2, -0.15) is 0 Å². The van der Waals surface area contributed by atoms with Crippen molar-refractivity contribution in [2.24, 2.45) is 11.7 Å². The summed E-state index contributed by atoms with van der Waals surface area (Å²) in [6.07, 6.45) is 8.02. The van der Waals surface area contributed by atoms with Gasteiger partial charge in [-0.05, 0) is 81.9 Å². The van der Waals surface area contributed by atoms with Gasteiger partial charge in [-0.25, -0.2) is 0 Å². The summed E-state index contributed by atoms with van der Waals surface area (Å²) in [4.78, 5) is 5.34. The maximum absolute atomic E-state index is 5.62. The fourth-order valence-corrected chi connectivity index (χ4v) is 4.07. The van der Waals surface area contributed by atoms with E-state index in [1.54, 1.807) is 0 Å². The molecule has 1 aromatic carbocycles. The predicted octanol–water partition coefficient (Wildman–Crippen LogP) is 2.89.